The molecule has 1 N–H and O–H groups in total. The van der Waals surface area contributed by atoms with Crippen LogP contribution in [0.2, 0.25) is 10.0 Å². The molecule has 0 aliphatic carbocycles. The van der Waals surface area contributed by atoms with Crippen LogP contribution in [-0.4, -0.2) is 28.6 Å². The van der Waals surface area contributed by atoms with Crippen molar-refractivity contribution < 1.29 is 9.53 Å². The number of fused-ring (bicyclic) bond motifs is 1. The number of ether oxygens (including phenoxy) is 1. The van der Waals surface area contributed by atoms with E-state index in [1.165, 1.54) is 0 Å². The molecule has 5 nitrogen and oxygen atoms in total. The van der Waals surface area contributed by atoms with Gasteiger partial charge in [-0.2, -0.15) is 0 Å². The number of hydrogen-bond donors (Lipinski definition) is 1. The molecule has 0 saturated carbocycles. The first-order valence-electron chi connectivity index (χ1n) is 11.9. The third kappa shape index (κ3) is 7.23. The summed E-state index contributed by atoms with van der Waals surface area (Å²) in [5, 5.41) is 4.33. The first-order chi connectivity index (χ1) is 17.1. The van der Waals surface area contributed by atoms with Crippen LogP contribution in [0.25, 0.3) is 11.0 Å². The van der Waals surface area contributed by atoms with Gasteiger partial charge in [0.1, 0.15) is 11.6 Å². The minimum Gasteiger partial charge on any atom is -0.494 e. The molecule has 4 aromatic rings. The zero-order chi connectivity index (χ0) is 24.5. The van der Waals surface area contributed by atoms with Crippen LogP contribution in [0, 0.1) is 0 Å². The Morgan fingerprint density at radius 3 is 2.51 bits per heavy atom. The van der Waals surface area contributed by atoms with Gasteiger partial charge in [-0.3, -0.25) is 4.79 Å². The Bertz CT molecular complexity index is 1250. The number of nitrogens with one attached hydrogen (secondary N) is 1. The summed E-state index contributed by atoms with van der Waals surface area (Å²) in [7, 11) is 0. The maximum absolute atomic E-state index is 12.3. The molecule has 0 radical (unpaired) electrons. The highest BCUT2D eigenvalue weighted by Crippen LogP contribution is 2.19. The molecule has 0 saturated heterocycles. The Morgan fingerprint density at radius 2 is 1.69 bits per heavy atom. The maximum Gasteiger partial charge on any atom is 0.224 e. The van der Waals surface area contributed by atoms with Crippen molar-refractivity contribution >= 4 is 40.1 Å². The lowest BCUT2D eigenvalue weighted by Crippen LogP contribution is -2.26. The van der Waals surface area contributed by atoms with E-state index in [9.17, 15) is 4.79 Å². The number of benzene rings is 3. The predicted molar refractivity (Wildman–Crippen MR) is 142 cm³/mol. The van der Waals surface area contributed by atoms with E-state index in [0.29, 0.717) is 23.2 Å². The first kappa shape index (κ1) is 25.1. The number of nitrogens with zero attached hydrogens (tertiary/aromatic N) is 2. The van der Waals surface area contributed by atoms with Crippen molar-refractivity contribution in [2.45, 2.75) is 38.6 Å². The van der Waals surface area contributed by atoms with Gasteiger partial charge < -0.3 is 14.6 Å². The average molecular weight is 510 g/mol. The van der Waals surface area contributed by atoms with E-state index in [2.05, 4.69) is 16.0 Å². The van der Waals surface area contributed by atoms with Crippen LogP contribution in [0.15, 0.2) is 72.8 Å². The van der Waals surface area contributed by atoms with Crippen molar-refractivity contribution in [1.82, 2.24) is 14.9 Å². The number of hydrogen-bond acceptors (Lipinski definition) is 3. The summed E-state index contributed by atoms with van der Waals surface area (Å²) in [4.78, 5) is 17.1. The van der Waals surface area contributed by atoms with Gasteiger partial charge in [0.05, 0.1) is 24.1 Å². The number of carbonyl (C=O) groups is 1. The summed E-state index contributed by atoms with van der Waals surface area (Å²) in [6.45, 7) is 2.13. The van der Waals surface area contributed by atoms with Gasteiger partial charge in [-0.25, -0.2) is 4.98 Å². The first-order valence-corrected chi connectivity index (χ1v) is 12.7. The predicted octanol–water partition coefficient (Wildman–Crippen LogP) is 6.49. The highest BCUT2D eigenvalue weighted by Gasteiger charge is 2.11. The smallest absolute Gasteiger partial charge is 0.224 e. The van der Waals surface area contributed by atoms with E-state index in [-0.39, 0.29) is 12.3 Å². The van der Waals surface area contributed by atoms with E-state index in [4.69, 9.17) is 32.9 Å². The van der Waals surface area contributed by atoms with Crippen LogP contribution in [0.4, 0.5) is 0 Å². The van der Waals surface area contributed by atoms with Crippen LogP contribution in [0.5, 0.6) is 5.75 Å². The number of halogens is 2. The average Bonchev–Trinajstić information content (AvgIpc) is 3.21. The van der Waals surface area contributed by atoms with Gasteiger partial charge in [-0.05, 0) is 67.3 Å². The van der Waals surface area contributed by atoms with Crippen LogP contribution >= 0.6 is 23.2 Å². The van der Waals surface area contributed by atoms with Crippen LogP contribution < -0.4 is 10.1 Å². The van der Waals surface area contributed by atoms with Crippen molar-refractivity contribution in [2.24, 2.45) is 0 Å². The van der Waals surface area contributed by atoms with Gasteiger partial charge >= 0.3 is 0 Å². The van der Waals surface area contributed by atoms with Crippen molar-refractivity contribution in [2.75, 3.05) is 13.2 Å². The Kier molecular flexibility index (Phi) is 9.04. The van der Waals surface area contributed by atoms with Gasteiger partial charge in [0, 0.05) is 29.6 Å². The van der Waals surface area contributed by atoms with Crippen molar-refractivity contribution in [3.63, 3.8) is 0 Å². The van der Waals surface area contributed by atoms with Crippen molar-refractivity contribution in [1.29, 1.82) is 0 Å². The number of aromatic nitrogens is 2. The lowest BCUT2D eigenvalue weighted by atomic mass is 10.1. The molecule has 0 aliphatic heterocycles. The molecular weight excluding hydrogens is 481 g/mol. The van der Waals surface area contributed by atoms with E-state index in [0.717, 1.165) is 60.4 Å². The van der Waals surface area contributed by atoms with Gasteiger partial charge in [0.2, 0.25) is 5.91 Å². The second kappa shape index (κ2) is 12.6. The Balaban J connectivity index is 1.26. The molecule has 1 amide bonds. The summed E-state index contributed by atoms with van der Waals surface area (Å²) >= 11 is 12.1. The molecular formula is C28H29Cl2N3O2. The minimum atomic E-state index is -0.0210. The molecule has 0 unspecified atom stereocenters. The molecule has 0 fully saturated rings. The summed E-state index contributed by atoms with van der Waals surface area (Å²) in [6, 6.07) is 23.1. The fourth-order valence-electron chi connectivity index (χ4n) is 4.01. The number of imidazole rings is 1. The summed E-state index contributed by atoms with van der Waals surface area (Å²) in [5.41, 5.74) is 2.99. The molecule has 35 heavy (non-hydrogen) atoms. The fourth-order valence-corrected chi connectivity index (χ4v) is 4.34. The Morgan fingerprint density at radius 1 is 0.914 bits per heavy atom. The molecule has 0 aliphatic rings. The molecule has 1 aromatic heterocycles. The largest absolute Gasteiger partial charge is 0.494 e. The molecule has 182 valence electrons. The Hall–Kier alpha value is -3.02. The monoisotopic (exact) mass is 509 g/mol. The standard InChI is InChI=1S/C28H29Cl2N3O2/c29-22-13-15-23(16-14-22)35-19-6-5-18-33-26-11-4-3-10-25(26)32-27(33)12-7-17-31-28(34)20-21-8-1-2-9-24(21)30/h1-4,8-11,13-16H,5-7,12,17-20H2,(H,31,34). The molecule has 7 heteroatoms. The molecule has 0 atom stereocenters. The van der Waals surface area contributed by atoms with Gasteiger partial charge in [0.15, 0.2) is 0 Å². The number of aryl methyl sites for hydroxylation is 2. The molecule has 0 spiro atoms. The third-order valence-corrected chi connectivity index (χ3v) is 6.42. The van der Waals surface area contributed by atoms with E-state index in [1.807, 2.05) is 60.7 Å². The zero-order valence-electron chi connectivity index (χ0n) is 19.6. The topological polar surface area (TPSA) is 56.2 Å². The highest BCUT2D eigenvalue weighted by molar-refractivity contribution is 6.31. The summed E-state index contributed by atoms with van der Waals surface area (Å²) < 4.78 is 8.11. The second-order valence-electron chi connectivity index (χ2n) is 8.40. The maximum atomic E-state index is 12.3. The van der Waals surface area contributed by atoms with Crippen molar-refractivity contribution in [3.8, 4) is 5.75 Å². The quantitative estimate of drug-likeness (QED) is 0.222. The Labute approximate surface area is 216 Å². The summed E-state index contributed by atoms with van der Waals surface area (Å²) in [6.07, 6.45) is 3.82. The SMILES string of the molecule is O=C(Cc1ccccc1Cl)NCCCc1nc2ccccc2n1CCCCOc1ccc(Cl)cc1. The number of para-hydroxylation sites is 2. The lowest BCUT2D eigenvalue weighted by molar-refractivity contribution is -0.120. The van der Waals surface area contributed by atoms with E-state index >= 15 is 0 Å². The fraction of sp³-hybridized carbons (Fsp3) is 0.286. The van der Waals surface area contributed by atoms with Gasteiger partial charge in [0.25, 0.3) is 0 Å². The highest BCUT2D eigenvalue weighted by atomic mass is 35.5. The zero-order valence-corrected chi connectivity index (χ0v) is 21.1. The van der Waals surface area contributed by atoms with E-state index < -0.39 is 0 Å². The minimum absolute atomic E-state index is 0.0210. The van der Waals surface area contributed by atoms with Gasteiger partial charge in [-0.1, -0.05) is 53.5 Å². The lowest BCUT2D eigenvalue weighted by Gasteiger charge is -2.11. The van der Waals surface area contributed by atoms with Gasteiger partial charge in [-0.15, -0.1) is 0 Å². The van der Waals surface area contributed by atoms with Crippen molar-refractivity contribution in [3.05, 3.63) is 94.2 Å². The summed E-state index contributed by atoms with van der Waals surface area (Å²) in [5.74, 6) is 1.86. The van der Waals surface area contributed by atoms with E-state index in [1.54, 1.807) is 6.07 Å². The number of unbranched alkanes of at least 4 members (excludes halogenated alkanes) is 1. The third-order valence-electron chi connectivity index (χ3n) is 5.80. The van der Waals surface area contributed by atoms with Crippen LogP contribution in [0.3, 0.4) is 0 Å². The second-order valence-corrected chi connectivity index (χ2v) is 9.24. The van der Waals surface area contributed by atoms with Crippen LogP contribution in [-0.2, 0) is 24.2 Å². The number of carbonyl (C=O) groups excluding carboxylic acids is 1. The van der Waals surface area contributed by atoms with Crippen LogP contribution in [0.1, 0.15) is 30.7 Å². The molecule has 1 heterocycles. The normalized spacial score (nSPS) is 11.0. The molecule has 4 rings (SSSR count). The number of amides is 1. The molecule has 0 bridgehead atoms. The number of rotatable bonds is 12. The molecule has 3 aromatic carbocycles.